The van der Waals surface area contributed by atoms with Crippen molar-refractivity contribution in [2.45, 2.75) is 5.37 Å². The van der Waals surface area contributed by atoms with Gasteiger partial charge in [0.15, 0.2) is 0 Å². The molecule has 0 aliphatic carbocycles. The molecule has 0 fully saturated rings. The maximum absolute atomic E-state index is 13.4. The smallest absolute Gasteiger partial charge is 0.149 e. The van der Waals surface area contributed by atoms with Crippen molar-refractivity contribution in [2.24, 2.45) is 0 Å². The lowest BCUT2D eigenvalue weighted by molar-refractivity contribution is 0.590. The lowest BCUT2D eigenvalue weighted by Crippen LogP contribution is -2.11. The third kappa shape index (κ3) is 2.39. The number of hydrogen-bond acceptors (Lipinski definition) is 5. The van der Waals surface area contributed by atoms with Crippen LogP contribution in [0.5, 0.6) is 0 Å². The fourth-order valence-electron chi connectivity index (χ4n) is 1.29. The van der Waals surface area contributed by atoms with Crippen LogP contribution in [0.15, 0.2) is 28.8 Å². The predicted molar refractivity (Wildman–Crippen MR) is 66.1 cm³/mol. The molecule has 0 amide bonds. The van der Waals surface area contributed by atoms with Crippen LogP contribution >= 0.6 is 24.6 Å². The van der Waals surface area contributed by atoms with Gasteiger partial charge in [0.25, 0.3) is 0 Å². The zero-order valence-electron chi connectivity index (χ0n) is 8.37. The maximum Gasteiger partial charge on any atom is 0.149 e. The van der Waals surface area contributed by atoms with Crippen molar-refractivity contribution in [3.8, 4) is 6.07 Å². The Morgan fingerprint density at radius 1 is 1.41 bits per heavy atom. The first-order valence-electron chi connectivity index (χ1n) is 4.59. The van der Waals surface area contributed by atoms with Crippen LogP contribution in [0.25, 0.3) is 0 Å². The van der Waals surface area contributed by atoms with Gasteiger partial charge in [0, 0.05) is 0 Å². The quantitative estimate of drug-likeness (QED) is 0.571. The van der Waals surface area contributed by atoms with Gasteiger partial charge in [-0.3, -0.25) is 0 Å². The van der Waals surface area contributed by atoms with Crippen LogP contribution in [0, 0.1) is 23.0 Å². The van der Waals surface area contributed by atoms with Crippen LogP contribution < -0.4 is 10.0 Å². The summed E-state index contributed by atoms with van der Waals surface area (Å²) in [6.07, 6.45) is 0. The number of thiol groups is 1. The first-order chi connectivity index (χ1) is 8.13. The largest absolute Gasteiger partial charge is 0.344 e. The molecule has 0 saturated heterocycles. The first-order valence-corrected chi connectivity index (χ1v) is 5.92. The van der Waals surface area contributed by atoms with Crippen LogP contribution in [0.3, 0.4) is 0 Å². The Hall–Kier alpha value is -1.23. The molecule has 1 atom stereocenters. The molecule has 1 unspecified atom stereocenters. The second kappa shape index (κ2) is 4.96. The van der Waals surface area contributed by atoms with E-state index in [0.29, 0.717) is 10.6 Å². The topological polar surface area (TPSA) is 47.9 Å². The van der Waals surface area contributed by atoms with E-state index in [-0.39, 0.29) is 5.69 Å². The maximum atomic E-state index is 13.4. The molecule has 2 N–H and O–H groups in total. The van der Waals surface area contributed by atoms with Crippen molar-refractivity contribution in [3.05, 3.63) is 40.4 Å². The third-order valence-corrected chi connectivity index (χ3v) is 3.55. The molecule has 17 heavy (non-hydrogen) atoms. The highest BCUT2D eigenvalue weighted by Gasteiger charge is 2.24. The molecule has 7 heteroatoms. The molecule has 88 valence electrons. The predicted octanol–water partition coefficient (Wildman–Crippen LogP) is 2.62. The number of nitriles is 1. The number of nitrogens with zero attached hydrogens (tertiary/aromatic N) is 1. The minimum atomic E-state index is -0.710. The molecule has 1 heterocycles. The molecule has 0 spiro atoms. The van der Waals surface area contributed by atoms with E-state index in [1.807, 2.05) is 6.07 Å². The Morgan fingerprint density at radius 2 is 2.06 bits per heavy atom. The molecule has 0 saturated carbocycles. The standard InChI is InChI=1S/C10H7F2N3S2/c11-6-2-1-3-7(12)8(6)14-10-5(4-13)9(16)15-17-10/h1-3,9,14-16H. The minimum Gasteiger partial charge on any atom is -0.344 e. The average Bonchev–Trinajstić information content (AvgIpc) is 2.64. The molecule has 1 aromatic carbocycles. The summed E-state index contributed by atoms with van der Waals surface area (Å²) in [5.41, 5.74) is 0.0352. The van der Waals surface area contributed by atoms with Crippen molar-refractivity contribution in [1.29, 1.82) is 5.26 Å². The normalized spacial score (nSPS) is 19.3. The molecular weight excluding hydrogens is 264 g/mol. The number of para-hydroxylation sites is 1. The Balaban J connectivity index is 2.34. The van der Waals surface area contributed by atoms with Gasteiger partial charge in [-0.25, -0.2) is 13.5 Å². The molecular formula is C10H7F2N3S2. The van der Waals surface area contributed by atoms with Gasteiger partial charge < -0.3 is 5.32 Å². The van der Waals surface area contributed by atoms with Crippen LogP contribution in [0.1, 0.15) is 0 Å². The fraction of sp³-hybridized carbons (Fsp3) is 0.100. The van der Waals surface area contributed by atoms with Crippen LogP contribution in [-0.2, 0) is 0 Å². The Labute approximate surface area is 106 Å². The summed E-state index contributed by atoms with van der Waals surface area (Å²) in [6, 6.07) is 5.49. The molecule has 1 aliphatic rings. The molecule has 1 aliphatic heterocycles. The first kappa shape index (κ1) is 12.2. The minimum absolute atomic E-state index is 0.271. The van der Waals surface area contributed by atoms with Gasteiger partial charge >= 0.3 is 0 Å². The van der Waals surface area contributed by atoms with E-state index in [9.17, 15) is 8.78 Å². The Morgan fingerprint density at radius 3 is 2.65 bits per heavy atom. The lowest BCUT2D eigenvalue weighted by Gasteiger charge is -2.08. The van der Waals surface area contributed by atoms with Crippen molar-refractivity contribution < 1.29 is 8.78 Å². The van der Waals surface area contributed by atoms with Gasteiger partial charge in [-0.2, -0.15) is 17.9 Å². The highest BCUT2D eigenvalue weighted by Crippen LogP contribution is 2.32. The second-order valence-corrected chi connectivity index (χ2v) is 4.56. The van der Waals surface area contributed by atoms with E-state index in [1.165, 1.54) is 6.07 Å². The van der Waals surface area contributed by atoms with Gasteiger partial charge in [-0.05, 0) is 24.1 Å². The lowest BCUT2D eigenvalue weighted by atomic mass is 10.2. The van der Waals surface area contributed by atoms with Crippen LogP contribution in [0.2, 0.25) is 0 Å². The summed E-state index contributed by atoms with van der Waals surface area (Å²) in [6.45, 7) is 0. The summed E-state index contributed by atoms with van der Waals surface area (Å²) >= 11 is 5.19. The zero-order chi connectivity index (χ0) is 12.4. The number of rotatable bonds is 2. The van der Waals surface area contributed by atoms with Crippen molar-refractivity contribution in [1.82, 2.24) is 4.72 Å². The molecule has 0 bridgehead atoms. The van der Waals surface area contributed by atoms with E-state index in [2.05, 4.69) is 22.7 Å². The van der Waals surface area contributed by atoms with Gasteiger partial charge in [-0.15, -0.1) is 0 Å². The summed E-state index contributed by atoms with van der Waals surface area (Å²) in [7, 11) is 0. The number of anilines is 1. The highest BCUT2D eigenvalue weighted by atomic mass is 32.2. The summed E-state index contributed by atoms with van der Waals surface area (Å²) in [5, 5.41) is 11.4. The van der Waals surface area contributed by atoms with Gasteiger partial charge in [0.1, 0.15) is 28.4 Å². The van der Waals surface area contributed by atoms with Crippen molar-refractivity contribution >= 4 is 30.3 Å². The third-order valence-electron chi connectivity index (χ3n) is 2.11. The molecule has 2 rings (SSSR count). The van der Waals surface area contributed by atoms with Gasteiger partial charge in [0.05, 0.1) is 10.9 Å². The Bertz CT molecular complexity index is 505. The number of halogens is 2. The number of hydrogen-bond donors (Lipinski definition) is 3. The van der Waals surface area contributed by atoms with E-state index >= 15 is 0 Å². The zero-order valence-corrected chi connectivity index (χ0v) is 10.1. The summed E-state index contributed by atoms with van der Waals surface area (Å²) in [4.78, 5) is 0. The summed E-state index contributed by atoms with van der Waals surface area (Å²) in [5.74, 6) is -1.42. The van der Waals surface area contributed by atoms with Gasteiger partial charge in [-0.1, -0.05) is 6.07 Å². The van der Waals surface area contributed by atoms with Gasteiger partial charge in [0.2, 0.25) is 0 Å². The van der Waals surface area contributed by atoms with E-state index in [4.69, 9.17) is 5.26 Å². The average molecular weight is 271 g/mol. The second-order valence-electron chi connectivity index (χ2n) is 3.20. The SMILES string of the molecule is N#CC1=C(Nc2c(F)cccc2F)SNC1S. The van der Waals surface area contributed by atoms with Crippen LogP contribution in [0.4, 0.5) is 14.5 Å². The summed E-state index contributed by atoms with van der Waals surface area (Å²) < 4.78 is 29.6. The molecule has 1 aromatic rings. The molecule has 3 nitrogen and oxygen atoms in total. The van der Waals surface area contributed by atoms with Crippen LogP contribution in [-0.4, -0.2) is 5.37 Å². The fourth-order valence-corrected chi connectivity index (χ4v) is 2.49. The Kier molecular flexibility index (Phi) is 3.57. The van der Waals surface area contributed by atoms with Crippen molar-refractivity contribution in [3.63, 3.8) is 0 Å². The molecule has 0 radical (unpaired) electrons. The molecule has 0 aromatic heterocycles. The number of nitrogens with one attached hydrogen (secondary N) is 2. The monoisotopic (exact) mass is 271 g/mol. The number of benzene rings is 1. The van der Waals surface area contributed by atoms with E-state index < -0.39 is 17.0 Å². The van der Waals surface area contributed by atoms with E-state index in [1.54, 1.807) is 0 Å². The highest BCUT2D eigenvalue weighted by molar-refractivity contribution is 8.02. The van der Waals surface area contributed by atoms with E-state index in [0.717, 1.165) is 24.1 Å². The van der Waals surface area contributed by atoms with Crippen molar-refractivity contribution in [2.75, 3.05) is 5.32 Å².